The van der Waals surface area contributed by atoms with E-state index in [1.807, 2.05) is 11.3 Å². The number of hydrogen-bond acceptors (Lipinski definition) is 2. The minimum atomic E-state index is 0.0594. The highest BCUT2D eigenvalue weighted by molar-refractivity contribution is 7.26. The second kappa shape index (κ2) is 12.3. The molecule has 1 saturated carbocycles. The normalized spacial score (nSPS) is 14.4. The third-order valence-electron chi connectivity index (χ3n) is 11.3. The quantitative estimate of drug-likeness (QED) is 0.170. The van der Waals surface area contributed by atoms with Crippen LogP contribution in [0.1, 0.15) is 43.2 Å². The summed E-state index contributed by atoms with van der Waals surface area (Å²) in [7, 11) is 0. The number of para-hydroxylation sites is 2. The molecule has 2 nitrogen and oxygen atoms in total. The lowest BCUT2D eigenvalue weighted by atomic mass is 9.65. The molecule has 1 aliphatic carbocycles. The molecule has 0 aliphatic heterocycles. The second-order valence-electron chi connectivity index (χ2n) is 14.0. The van der Waals surface area contributed by atoms with Gasteiger partial charge in [0.25, 0.3) is 0 Å². The minimum Gasteiger partial charge on any atom is -0.309 e. The van der Waals surface area contributed by atoms with Crippen LogP contribution in [-0.2, 0) is 5.41 Å². The van der Waals surface area contributed by atoms with Crippen LogP contribution in [0.25, 0.3) is 47.7 Å². The molecule has 0 spiro atoms. The Hall–Kier alpha value is -5.64. The van der Waals surface area contributed by atoms with Gasteiger partial charge in [-0.2, -0.15) is 0 Å². The van der Waals surface area contributed by atoms with Gasteiger partial charge in [-0.15, -0.1) is 11.3 Å². The number of rotatable bonds is 6. The summed E-state index contributed by atoms with van der Waals surface area (Å²) in [6, 6.07) is 63.0. The molecule has 0 saturated heterocycles. The first kappa shape index (κ1) is 30.2. The van der Waals surface area contributed by atoms with E-state index in [-0.39, 0.29) is 5.41 Å². The maximum atomic E-state index is 2.49. The zero-order valence-electron chi connectivity index (χ0n) is 28.5. The van der Waals surface area contributed by atoms with E-state index in [1.54, 1.807) is 0 Å². The molecule has 3 heteroatoms. The van der Waals surface area contributed by atoms with Gasteiger partial charge in [0.1, 0.15) is 0 Å². The Balaban J connectivity index is 1.20. The lowest BCUT2D eigenvalue weighted by Crippen LogP contribution is -2.30. The fourth-order valence-corrected chi connectivity index (χ4v) is 10.1. The molecule has 2 heterocycles. The zero-order chi connectivity index (χ0) is 33.8. The standard InChI is InChI=1S/C48H38N2S/c1-4-15-34(16-5-1)48(31-12-3-13-32-48)35-25-27-37(28-26-35)49(44-23-14-21-42-41-20-9-11-24-46(41)51-47(42)44)38-29-30-40-39-19-8-10-22-43(39)50(45(40)33-38)36-17-6-2-7-18-36/h1-2,4-11,14-30,33H,3,12-13,31-32H2. The number of anilines is 3. The van der Waals surface area contributed by atoms with Crippen molar-refractivity contribution in [2.75, 3.05) is 4.90 Å². The third-order valence-corrected chi connectivity index (χ3v) is 12.5. The summed E-state index contributed by atoms with van der Waals surface area (Å²) < 4.78 is 5.04. The van der Waals surface area contributed by atoms with E-state index in [0.29, 0.717) is 0 Å². The van der Waals surface area contributed by atoms with Crippen LogP contribution in [-0.4, -0.2) is 4.57 Å². The molecule has 10 rings (SSSR count). The molecule has 246 valence electrons. The number of nitrogens with zero attached hydrogens (tertiary/aromatic N) is 2. The fourth-order valence-electron chi connectivity index (χ4n) is 8.87. The fraction of sp³-hybridized carbons (Fsp3) is 0.125. The summed E-state index contributed by atoms with van der Waals surface area (Å²) in [5.74, 6) is 0. The van der Waals surface area contributed by atoms with E-state index in [1.165, 1.54) is 102 Å². The number of thiophene rings is 1. The van der Waals surface area contributed by atoms with Crippen molar-refractivity contribution in [1.29, 1.82) is 0 Å². The highest BCUT2D eigenvalue weighted by atomic mass is 32.1. The van der Waals surface area contributed by atoms with Crippen LogP contribution in [0.15, 0.2) is 170 Å². The summed E-state index contributed by atoms with van der Waals surface area (Å²) >= 11 is 1.89. The van der Waals surface area contributed by atoms with Gasteiger partial charge in [-0.05, 0) is 78.6 Å². The molecule has 0 atom stereocenters. The molecule has 0 radical (unpaired) electrons. The summed E-state index contributed by atoms with van der Waals surface area (Å²) in [6.07, 6.45) is 6.25. The van der Waals surface area contributed by atoms with Crippen LogP contribution in [0, 0.1) is 0 Å². The first-order valence-corrected chi connectivity index (χ1v) is 19.1. The van der Waals surface area contributed by atoms with Crippen molar-refractivity contribution in [2.45, 2.75) is 37.5 Å². The first-order chi connectivity index (χ1) is 25.3. The lowest BCUT2D eigenvalue weighted by molar-refractivity contribution is 0.346. The summed E-state index contributed by atoms with van der Waals surface area (Å²) in [4.78, 5) is 2.49. The van der Waals surface area contributed by atoms with Crippen LogP contribution >= 0.6 is 11.3 Å². The SMILES string of the molecule is c1ccc(-n2c3ccccc3c3ccc(N(c4ccc(C5(c6ccccc6)CCCCC5)cc4)c4cccc5c4sc4ccccc45)cc32)cc1. The van der Waals surface area contributed by atoms with Crippen LogP contribution in [0.3, 0.4) is 0 Å². The molecule has 2 aromatic heterocycles. The molecule has 7 aromatic carbocycles. The number of hydrogen-bond donors (Lipinski definition) is 0. The number of aromatic nitrogens is 1. The molecule has 1 aliphatic rings. The maximum absolute atomic E-state index is 2.49. The highest BCUT2D eigenvalue weighted by Gasteiger charge is 2.35. The van der Waals surface area contributed by atoms with Crippen molar-refractivity contribution in [3.05, 3.63) is 181 Å². The van der Waals surface area contributed by atoms with Gasteiger partial charge in [0, 0.05) is 48.7 Å². The Bertz CT molecular complexity index is 2660. The first-order valence-electron chi connectivity index (χ1n) is 18.2. The summed E-state index contributed by atoms with van der Waals surface area (Å²) in [5.41, 5.74) is 10.1. The van der Waals surface area contributed by atoms with Crippen molar-refractivity contribution in [1.82, 2.24) is 4.57 Å². The van der Waals surface area contributed by atoms with Crippen molar-refractivity contribution in [3.8, 4) is 5.69 Å². The minimum absolute atomic E-state index is 0.0594. The third kappa shape index (κ3) is 4.91. The Morgan fingerprint density at radius 1 is 0.471 bits per heavy atom. The largest absolute Gasteiger partial charge is 0.309 e. The van der Waals surface area contributed by atoms with Crippen LogP contribution < -0.4 is 4.90 Å². The zero-order valence-corrected chi connectivity index (χ0v) is 29.3. The van der Waals surface area contributed by atoms with E-state index in [4.69, 9.17) is 0 Å². The second-order valence-corrected chi connectivity index (χ2v) is 15.1. The van der Waals surface area contributed by atoms with Gasteiger partial charge in [-0.3, -0.25) is 0 Å². The van der Waals surface area contributed by atoms with Gasteiger partial charge >= 0.3 is 0 Å². The molecular weight excluding hydrogens is 637 g/mol. The topological polar surface area (TPSA) is 8.17 Å². The predicted octanol–water partition coefficient (Wildman–Crippen LogP) is 13.9. The van der Waals surface area contributed by atoms with Crippen molar-refractivity contribution >= 4 is 70.4 Å². The van der Waals surface area contributed by atoms with Crippen molar-refractivity contribution in [3.63, 3.8) is 0 Å². The Labute approximate surface area is 302 Å². The monoisotopic (exact) mass is 674 g/mol. The average molecular weight is 675 g/mol. The van der Waals surface area contributed by atoms with Crippen LogP contribution in [0.2, 0.25) is 0 Å². The number of benzene rings is 7. The van der Waals surface area contributed by atoms with Gasteiger partial charge in [0.2, 0.25) is 0 Å². The van der Waals surface area contributed by atoms with Crippen LogP contribution in [0.5, 0.6) is 0 Å². The highest BCUT2D eigenvalue weighted by Crippen LogP contribution is 2.48. The Kier molecular flexibility index (Phi) is 7.28. The molecule has 0 N–H and O–H groups in total. The predicted molar refractivity (Wildman–Crippen MR) is 219 cm³/mol. The molecule has 1 fully saturated rings. The van der Waals surface area contributed by atoms with E-state index in [2.05, 4.69) is 179 Å². The molecule has 9 aromatic rings. The maximum Gasteiger partial charge on any atom is 0.0640 e. The van der Waals surface area contributed by atoms with Crippen molar-refractivity contribution in [2.24, 2.45) is 0 Å². The molecule has 0 unspecified atom stereocenters. The smallest absolute Gasteiger partial charge is 0.0640 e. The van der Waals surface area contributed by atoms with E-state index in [0.717, 1.165) is 5.69 Å². The van der Waals surface area contributed by atoms with Gasteiger partial charge in [0.05, 0.1) is 21.4 Å². The molecule has 0 bridgehead atoms. The molecular formula is C48H38N2S. The van der Waals surface area contributed by atoms with E-state index >= 15 is 0 Å². The summed E-state index contributed by atoms with van der Waals surface area (Å²) in [6.45, 7) is 0. The Morgan fingerprint density at radius 3 is 1.90 bits per heavy atom. The molecule has 51 heavy (non-hydrogen) atoms. The average Bonchev–Trinajstić information content (AvgIpc) is 3.75. The van der Waals surface area contributed by atoms with E-state index in [9.17, 15) is 0 Å². The number of fused-ring (bicyclic) bond motifs is 6. The van der Waals surface area contributed by atoms with E-state index < -0.39 is 0 Å². The lowest BCUT2D eigenvalue weighted by Gasteiger charge is -2.39. The Morgan fingerprint density at radius 2 is 1.10 bits per heavy atom. The van der Waals surface area contributed by atoms with Gasteiger partial charge < -0.3 is 9.47 Å². The summed E-state index contributed by atoms with van der Waals surface area (Å²) in [5, 5.41) is 5.15. The van der Waals surface area contributed by atoms with Gasteiger partial charge in [-0.1, -0.05) is 135 Å². The van der Waals surface area contributed by atoms with Crippen LogP contribution in [0.4, 0.5) is 17.1 Å². The molecule has 0 amide bonds. The van der Waals surface area contributed by atoms with Gasteiger partial charge in [0.15, 0.2) is 0 Å². The van der Waals surface area contributed by atoms with Gasteiger partial charge in [-0.25, -0.2) is 0 Å². The van der Waals surface area contributed by atoms with Crippen molar-refractivity contribution < 1.29 is 0 Å².